The summed E-state index contributed by atoms with van der Waals surface area (Å²) < 4.78 is 23.8. The molecule has 0 spiro atoms. The number of carboxylic acid groups (broad SMARTS) is 2. The first kappa shape index (κ1) is 39.2. The summed E-state index contributed by atoms with van der Waals surface area (Å²) in [4.78, 5) is 49.8. The van der Waals surface area contributed by atoms with Crippen molar-refractivity contribution in [2.45, 2.75) is 77.3 Å². The van der Waals surface area contributed by atoms with Gasteiger partial charge in [0.15, 0.2) is 17.0 Å². The van der Waals surface area contributed by atoms with E-state index in [1.807, 2.05) is 59.2 Å². The Morgan fingerprint density at radius 3 is 1.77 bits per heavy atom. The Morgan fingerprint density at radius 2 is 1.33 bits per heavy atom. The molecule has 0 saturated heterocycles. The number of allylic oxidation sites excluding steroid dienone is 1. The Bertz CT molecular complexity index is 1820. The van der Waals surface area contributed by atoms with Crippen molar-refractivity contribution >= 4 is 46.9 Å². The monoisotopic (exact) mass is 738 g/mol. The van der Waals surface area contributed by atoms with E-state index < -0.39 is 35.6 Å². The fraction of sp³-hybridized carbons (Fsp3) is 0.389. The normalized spacial score (nSPS) is 15.4. The number of aromatic nitrogens is 4. The molecular weight excluding hydrogens is 696 g/mol. The molecule has 16 heteroatoms. The SMILES string of the molecule is COc1ccc(C(Nc2nc(Cl)nc3c2ncn3[C@H]2C=C[C@@H](N(C(=O)OC(C)(C)C)C(=O)OC(C)(C)C)C2)c2ccc(OC)cc2)cc1.O=C(O)O. The second-order valence-corrected chi connectivity index (χ2v) is 14.0. The maximum Gasteiger partial charge on any atom is 0.503 e. The largest absolute Gasteiger partial charge is 0.503 e. The Labute approximate surface area is 306 Å². The summed E-state index contributed by atoms with van der Waals surface area (Å²) in [6.45, 7) is 10.5. The van der Waals surface area contributed by atoms with E-state index >= 15 is 0 Å². The van der Waals surface area contributed by atoms with Gasteiger partial charge < -0.3 is 39.0 Å². The van der Waals surface area contributed by atoms with E-state index in [9.17, 15) is 9.59 Å². The zero-order chi connectivity index (χ0) is 38.4. The molecule has 0 fully saturated rings. The van der Waals surface area contributed by atoms with Crippen molar-refractivity contribution < 1.29 is 43.5 Å². The fourth-order valence-electron chi connectivity index (χ4n) is 5.35. The maximum atomic E-state index is 13.3. The summed E-state index contributed by atoms with van der Waals surface area (Å²) in [7, 11) is 3.25. The van der Waals surface area contributed by atoms with Gasteiger partial charge in [-0.05, 0) is 95.0 Å². The van der Waals surface area contributed by atoms with Crippen LogP contribution >= 0.6 is 11.6 Å². The number of amides is 2. The second kappa shape index (κ2) is 16.2. The minimum atomic E-state index is -1.83. The van der Waals surface area contributed by atoms with Crippen LogP contribution in [-0.2, 0) is 9.47 Å². The van der Waals surface area contributed by atoms with Crippen molar-refractivity contribution in [1.29, 1.82) is 0 Å². The minimum Gasteiger partial charge on any atom is -0.497 e. The first-order chi connectivity index (χ1) is 24.4. The molecule has 2 heterocycles. The van der Waals surface area contributed by atoms with Crippen LogP contribution in [-0.4, -0.2) is 84.4 Å². The van der Waals surface area contributed by atoms with E-state index in [0.29, 0.717) is 23.4 Å². The van der Waals surface area contributed by atoms with Gasteiger partial charge >= 0.3 is 18.3 Å². The van der Waals surface area contributed by atoms with Gasteiger partial charge in [-0.1, -0.05) is 36.4 Å². The van der Waals surface area contributed by atoms with Crippen molar-refractivity contribution in [3.8, 4) is 11.5 Å². The molecule has 5 rings (SSSR count). The number of carbonyl (C=O) groups excluding carboxylic acids is 2. The molecule has 0 unspecified atom stereocenters. The van der Waals surface area contributed by atoms with E-state index in [1.54, 1.807) is 68.2 Å². The zero-order valence-corrected chi connectivity index (χ0v) is 30.9. The Balaban J connectivity index is 0.00000144. The molecule has 2 aromatic carbocycles. The first-order valence-corrected chi connectivity index (χ1v) is 16.6. The predicted octanol–water partition coefficient (Wildman–Crippen LogP) is 7.96. The van der Waals surface area contributed by atoms with Crippen LogP contribution in [0, 0.1) is 0 Å². The van der Waals surface area contributed by atoms with Crippen LogP contribution in [0.15, 0.2) is 67.0 Å². The van der Waals surface area contributed by atoms with Crippen LogP contribution in [0.2, 0.25) is 5.28 Å². The molecule has 1 aliphatic carbocycles. The number of imidazole rings is 1. The molecule has 2 aromatic heterocycles. The van der Waals surface area contributed by atoms with E-state index in [2.05, 4.69) is 20.3 Å². The van der Waals surface area contributed by atoms with Gasteiger partial charge in [0.2, 0.25) is 5.28 Å². The molecule has 52 heavy (non-hydrogen) atoms. The van der Waals surface area contributed by atoms with E-state index in [0.717, 1.165) is 27.5 Å². The molecular formula is C36H43ClN6O9. The average Bonchev–Trinajstić information content (AvgIpc) is 3.69. The number of methoxy groups -OCH3 is 2. The summed E-state index contributed by atoms with van der Waals surface area (Å²) in [5.41, 5.74) is 1.26. The van der Waals surface area contributed by atoms with E-state index in [1.165, 1.54) is 0 Å². The molecule has 0 bridgehead atoms. The molecule has 4 aromatic rings. The van der Waals surface area contributed by atoms with E-state index in [-0.39, 0.29) is 17.4 Å². The Hall–Kier alpha value is -5.57. The lowest BCUT2D eigenvalue weighted by Gasteiger charge is -2.31. The number of rotatable bonds is 8. The van der Waals surface area contributed by atoms with Gasteiger partial charge in [-0.15, -0.1) is 0 Å². The third kappa shape index (κ3) is 10.2. The number of hydrogen-bond donors (Lipinski definition) is 3. The number of imide groups is 1. The van der Waals surface area contributed by atoms with Crippen molar-refractivity contribution in [3.63, 3.8) is 0 Å². The quantitative estimate of drug-likeness (QED) is 0.117. The third-order valence-electron chi connectivity index (χ3n) is 7.48. The van der Waals surface area contributed by atoms with Crippen molar-refractivity contribution in [1.82, 2.24) is 24.4 Å². The molecule has 1 aliphatic rings. The lowest BCUT2D eigenvalue weighted by molar-refractivity contribution is -0.00404. The number of fused-ring (bicyclic) bond motifs is 1. The lowest BCUT2D eigenvalue weighted by Crippen LogP contribution is -2.48. The topological polar surface area (TPSA) is 187 Å². The number of carbonyl (C=O) groups is 3. The van der Waals surface area contributed by atoms with Crippen LogP contribution in [0.4, 0.5) is 20.2 Å². The van der Waals surface area contributed by atoms with Crippen LogP contribution in [0.1, 0.15) is 71.2 Å². The number of hydrogen-bond acceptors (Lipinski definition) is 11. The van der Waals surface area contributed by atoms with Gasteiger partial charge in [0.1, 0.15) is 22.7 Å². The molecule has 278 valence electrons. The van der Waals surface area contributed by atoms with E-state index in [4.69, 9.17) is 45.6 Å². The second-order valence-electron chi connectivity index (χ2n) is 13.7. The van der Waals surface area contributed by atoms with Gasteiger partial charge in [-0.3, -0.25) is 0 Å². The highest BCUT2D eigenvalue weighted by atomic mass is 35.5. The fourth-order valence-corrected chi connectivity index (χ4v) is 5.51. The van der Waals surface area contributed by atoms with Crippen LogP contribution < -0.4 is 14.8 Å². The molecule has 2 atom stereocenters. The average molecular weight is 739 g/mol. The number of nitrogens with one attached hydrogen (secondary N) is 1. The zero-order valence-electron chi connectivity index (χ0n) is 30.2. The third-order valence-corrected chi connectivity index (χ3v) is 7.65. The molecule has 15 nitrogen and oxygen atoms in total. The standard InChI is InChI=1S/C35H41ClN6O6.CH2O3/c1-34(2,3)47-32(43)42(33(44)48-35(4,5)6)24-14-13-23(19-24)41-20-37-28-29(39-31(36)40-30(28)41)38-27(21-9-15-25(45-7)16-10-21)22-11-17-26(46-8)18-12-22;2-1(3)4/h9-18,20,23-24,27H,19H2,1-8H3,(H,38,39,40);(H2,2,3,4)/t23-,24+;/m0./s1. The highest BCUT2D eigenvalue weighted by Crippen LogP contribution is 2.35. The summed E-state index contributed by atoms with van der Waals surface area (Å²) in [6.07, 6.45) is 2.27. The summed E-state index contributed by atoms with van der Waals surface area (Å²) in [5, 5.41) is 17.5. The van der Waals surface area contributed by atoms with Crippen molar-refractivity contribution in [3.05, 3.63) is 83.4 Å². The first-order valence-electron chi connectivity index (χ1n) is 16.2. The Kier molecular flexibility index (Phi) is 12.2. The summed E-state index contributed by atoms with van der Waals surface area (Å²) >= 11 is 6.51. The number of halogens is 1. The maximum absolute atomic E-state index is 13.3. The lowest BCUT2D eigenvalue weighted by atomic mass is 9.98. The Morgan fingerprint density at radius 1 is 0.846 bits per heavy atom. The van der Waals surface area contributed by atoms with Crippen LogP contribution in [0.5, 0.6) is 11.5 Å². The van der Waals surface area contributed by atoms with Gasteiger partial charge in [0.05, 0.1) is 38.7 Å². The molecule has 0 saturated carbocycles. The summed E-state index contributed by atoms with van der Waals surface area (Å²) in [6, 6.07) is 14.2. The van der Waals surface area contributed by atoms with Gasteiger partial charge in [-0.2, -0.15) is 9.97 Å². The molecule has 0 radical (unpaired) electrons. The van der Waals surface area contributed by atoms with Gasteiger partial charge in [0, 0.05) is 0 Å². The van der Waals surface area contributed by atoms with Gasteiger partial charge in [-0.25, -0.2) is 24.3 Å². The van der Waals surface area contributed by atoms with Crippen molar-refractivity contribution in [2.75, 3.05) is 19.5 Å². The molecule has 0 aliphatic heterocycles. The van der Waals surface area contributed by atoms with Crippen LogP contribution in [0.3, 0.4) is 0 Å². The number of ether oxygens (including phenoxy) is 4. The van der Waals surface area contributed by atoms with Crippen LogP contribution in [0.25, 0.3) is 11.2 Å². The highest BCUT2D eigenvalue weighted by Gasteiger charge is 2.39. The minimum absolute atomic E-state index is 0.0256. The molecule has 3 N–H and O–H groups in total. The summed E-state index contributed by atoms with van der Waals surface area (Å²) in [5.74, 6) is 1.90. The number of benzene rings is 2. The van der Waals surface area contributed by atoms with Gasteiger partial charge in [0.25, 0.3) is 0 Å². The predicted molar refractivity (Wildman–Crippen MR) is 193 cm³/mol. The number of anilines is 1. The highest BCUT2D eigenvalue weighted by molar-refractivity contribution is 6.28. The van der Waals surface area contributed by atoms with Crippen molar-refractivity contribution in [2.24, 2.45) is 0 Å². The number of nitrogens with zero attached hydrogens (tertiary/aromatic N) is 5. The molecule has 2 amide bonds. The smallest absolute Gasteiger partial charge is 0.497 e.